The lowest BCUT2D eigenvalue weighted by Gasteiger charge is -2.21. The van der Waals surface area contributed by atoms with Crippen LogP contribution in [0, 0.1) is 6.92 Å². The van der Waals surface area contributed by atoms with Crippen LogP contribution in [0.25, 0.3) is 0 Å². The van der Waals surface area contributed by atoms with Gasteiger partial charge in [-0.15, -0.1) is 35.3 Å². The van der Waals surface area contributed by atoms with E-state index in [4.69, 9.17) is 14.5 Å². The third kappa shape index (κ3) is 5.50. The Labute approximate surface area is 188 Å². The molecule has 3 rings (SSSR count). The molecule has 0 fully saturated rings. The van der Waals surface area contributed by atoms with Gasteiger partial charge in [-0.1, -0.05) is 0 Å². The molecule has 1 aromatic heterocycles. The van der Waals surface area contributed by atoms with E-state index in [1.165, 1.54) is 5.56 Å². The standard InChI is InChI=1S/C20H28N4O2S.HI/c1-6-21-20(24(4)11-17-12-27-14(3)23-17)22-10-16-9-19-15(7-13(2)26-19)8-18(16)25-5;/h8-9,12-13H,6-7,10-11H2,1-5H3,(H,21,22);1H. The molecule has 0 saturated heterocycles. The summed E-state index contributed by atoms with van der Waals surface area (Å²) in [6.07, 6.45) is 1.14. The maximum Gasteiger partial charge on any atom is 0.194 e. The first-order valence-corrected chi connectivity index (χ1v) is 10.1. The van der Waals surface area contributed by atoms with Crippen LogP contribution in [0.3, 0.4) is 0 Å². The van der Waals surface area contributed by atoms with E-state index in [0.29, 0.717) is 6.54 Å². The van der Waals surface area contributed by atoms with Crippen molar-refractivity contribution in [2.75, 3.05) is 20.7 Å². The highest BCUT2D eigenvalue weighted by Crippen LogP contribution is 2.35. The summed E-state index contributed by atoms with van der Waals surface area (Å²) in [4.78, 5) is 11.4. The average Bonchev–Trinajstić information content (AvgIpc) is 3.21. The number of rotatable bonds is 6. The van der Waals surface area contributed by atoms with Crippen LogP contribution in [0.15, 0.2) is 22.5 Å². The van der Waals surface area contributed by atoms with Crippen molar-refractivity contribution < 1.29 is 9.47 Å². The predicted octanol–water partition coefficient (Wildman–Crippen LogP) is 4.00. The summed E-state index contributed by atoms with van der Waals surface area (Å²) < 4.78 is 11.5. The van der Waals surface area contributed by atoms with Gasteiger partial charge in [0.25, 0.3) is 0 Å². The smallest absolute Gasteiger partial charge is 0.194 e. The lowest BCUT2D eigenvalue weighted by Crippen LogP contribution is -2.38. The number of aromatic nitrogens is 1. The number of nitrogens with one attached hydrogen (secondary N) is 1. The highest BCUT2D eigenvalue weighted by molar-refractivity contribution is 14.0. The van der Waals surface area contributed by atoms with Crippen LogP contribution < -0.4 is 14.8 Å². The Kier molecular flexibility index (Phi) is 8.36. The number of halogens is 1. The topological polar surface area (TPSA) is 59.0 Å². The fourth-order valence-corrected chi connectivity index (χ4v) is 3.83. The largest absolute Gasteiger partial charge is 0.496 e. The van der Waals surface area contributed by atoms with Crippen molar-refractivity contribution in [1.82, 2.24) is 15.2 Å². The van der Waals surface area contributed by atoms with E-state index in [9.17, 15) is 0 Å². The number of methoxy groups -OCH3 is 1. The Bertz CT molecular complexity index is 825. The predicted molar refractivity (Wildman–Crippen MR) is 125 cm³/mol. The van der Waals surface area contributed by atoms with Gasteiger partial charge in [0, 0.05) is 36.5 Å². The first kappa shape index (κ1) is 22.7. The Morgan fingerprint density at radius 3 is 2.89 bits per heavy atom. The molecule has 154 valence electrons. The second kappa shape index (κ2) is 10.3. The summed E-state index contributed by atoms with van der Waals surface area (Å²) >= 11 is 1.67. The summed E-state index contributed by atoms with van der Waals surface area (Å²) in [6, 6.07) is 4.15. The van der Waals surface area contributed by atoms with Crippen LogP contribution in [0.5, 0.6) is 11.5 Å². The number of hydrogen-bond donors (Lipinski definition) is 1. The number of fused-ring (bicyclic) bond motifs is 1. The quantitative estimate of drug-likeness (QED) is 0.358. The molecule has 8 heteroatoms. The molecule has 0 spiro atoms. The molecular weight excluding hydrogens is 487 g/mol. The molecule has 2 heterocycles. The summed E-state index contributed by atoms with van der Waals surface area (Å²) in [5.41, 5.74) is 3.29. The van der Waals surface area contributed by atoms with Crippen LogP contribution in [0.4, 0.5) is 0 Å². The molecule has 1 N–H and O–H groups in total. The van der Waals surface area contributed by atoms with E-state index in [2.05, 4.69) is 46.6 Å². The van der Waals surface area contributed by atoms with Gasteiger partial charge in [0.1, 0.15) is 17.6 Å². The van der Waals surface area contributed by atoms with Crippen molar-refractivity contribution >= 4 is 41.3 Å². The number of ether oxygens (including phenoxy) is 2. The molecule has 1 aromatic carbocycles. The van der Waals surface area contributed by atoms with Gasteiger partial charge in [-0.2, -0.15) is 0 Å². The monoisotopic (exact) mass is 516 g/mol. The zero-order valence-corrected chi connectivity index (χ0v) is 20.3. The summed E-state index contributed by atoms with van der Waals surface area (Å²) in [5.74, 6) is 2.66. The Morgan fingerprint density at radius 2 is 2.25 bits per heavy atom. The first-order valence-electron chi connectivity index (χ1n) is 9.27. The molecule has 0 amide bonds. The van der Waals surface area contributed by atoms with E-state index in [1.807, 2.05) is 14.0 Å². The SMILES string of the molecule is CCNC(=NCc1cc2c(cc1OC)CC(C)O2)N(C)Cc1csc(C)n1.I. The minimum Gasteiger partial charge on any atom is -0.496 e. The van der Waals surface area contributed by atoms with Crippen LogP contribution in [0.2, 0.25) is 0 Å². The minimum absolute atomic E-state index is 0. The zero-order valence-electron chi connectivity index (χ0n) is 17.1. The number of hydrogen-bond acceptors (Lipinski definition) is 5. The average molecular weight is 516 g/mol. The maximum absolute atomic E-state index is 5.89. The third-order valence-corrected chi connectivity index (χ3v) is 5.28. The highest BCUT2D eigenvalue weighted by Gasteiger charge is 2.21. The van der Waals surface area contributed by atoms with Crippen molar-refractivity contribution in [1.29, 1.82) is 0 Å². The minimum atomic E-state index is 0. The molecule has 6 nitrogen and oxygen atoms in total. The third-order valence-electron chi connectivity index (χ3n) is 4.46. The zero-order chi connectivity index (χ0) is 19.4. The van der Waals surface area contributed by atoms with Gasteiger partial charge in [-0.05, 0) is 32.9 Å². The van der Waals surface area contributed by atoms with Gasteiger partial charge in [0.15, 0.2) is 5.96 Å². The van der Waals surface area contributed by atoms with Gasteiger partial charge in [-0.25, -0.2) is 9.98 Å². The summed E-state index contributed by atoms with van der Waals surface area (Å²) in [5, 5.41) is 6.53. The van der Waals surface area contributed by atoms with Crippen molar-refractivity contribution in [3.8, 4) is 11.5 Å². The van der Waals surface area contributed by atoms with Gasteiger partial charge in [-0.3, -0.25) is 0 Å². The lowest BCUT2D eigenvalue weighted by molar-refractivity contribution is 0.254. The van der Waals surface area contributed by atoms with E-state index in [-0.39, 0.29) is 30.1 Å². The van der Waals surface area contributed by atoms with Crippen molar-refractivity contribution in [2.45, 2.75) is 46.4 Å². The second-order valence-electron chi connectivity index (χ2n) is 6.79. The van der Waals surface area contributed by atoms with E-state index >= 15 is 0 Å². The number of guanidine groups is 1. The molecule has 0 aliphatic carbocycles. The van der Waals surface area contributed by atoms with Crippen molar-refractivity contribution in [3.05, 3.63) is 39.3 Å². The maximum atomic E-state index is 5.89. The number of benzene rings is 1. The summed E-state index contributed by atoms with van der Waals surface area (Å²) in [6.45, 7) is 8.23. The molecule has 1 aliphatic rings. The normalized spacial score (nSPS) is 15.5. The van der Waals surface area contributed by atoms with Gasteiger partial charge >= 0.3 is 0 Å². The van der Waals surface area contributed by atoms with Crippen molar-refractivity contribution in [3.63, 3.8) is 0 Å². The molecule has 0 radical (unpaired) electrons. The molecule has 28 heavy (non-hydrogen) atoms. The molecule has 1 aliphatic heterocycles. The van der Waals surface area contributed by atoms with Crippen LogP contribution in [-0.4, -0.2) is 42.6 Å². The molecule has 1 atom stereocenters. The van der Waals surface area contributed by atoms with Gasteiger partial charge < -0.3 is 19.7 Å². The summed E-state index contributed by atoms with van der Waals surface area (Å²) in [7, 11) is 3.73. The molecule has 0 bridgehead atoms. The Hall–Kier alpha value is -1.55. The van der Waals surface area contributed by atoms with Gasteiger partial charge in [0.2, 0.25) is 0 Å². The molecule has 2 aromatic rings. The van der Waals surface area contributed by atoms with Gasteiger partial charge in [0.05, 0.1) is 30.9 Å². The van der Waals surface area contributed by atoms with Crippen molar-refractivity contribution in [2.24, 2.45) is 4.99 Å². The molecule has 0 saturated carbocycles. The second-order valence-corrected chi connectivity index (χ2v) is 7.85. The highest BCUT2D eigenvalue weighted by atomic mass is 127. The number of nitrogens with zero attached hydrogens (tertiary/aromatic N) is 3. The number of aryl methyl sites for hydroxylation is 1. The van der Waals surface area contributed by atoms with E-state index < -0.39 is 0 Å². The van der Waals surface area contributed by atoms with Crippen LogP contribution in [-0.2, 0) is 19.5 Å². The Balaban J connectivity index is 0.00000280. The fourth-order valence-electron chi connectivity index (χ4n) is 3.22. The first-order chi connectivity index (χ1) is 13.0. The Morgan fingerprint density at radius 1 is 1.46 bits per heavy atom. The fraction of sp³-hybridized carbons (Fsp3) is 0.500. The van der Waals surface area contributed by atoms with E-state index in [0.717, 1.165) is 53.2 Å². The van der Waals surface area contributed by atoms with Crippen LogP contribution in [0.1, 0.15) is 35.7 Å². The van der Waals surface area contributed by atoms with Crippen LogP contribution >= 0.6 is 35.3 Å². The molecule has 1 unspecified atom stereocenters. The lowest BCUT2D eigenvalue weighted by atomic mass is 10.1. The van der Waals surface area contributed by atoms with E-state index in [1.54, 1.807) is 18.4 Å². The number of aliphatic imine (C=N–C) groups is 1. The number of thiazole rings is 1. The molecular formula is C20H29IN4O2S.